The molecular weight excluding hydrogens is 528 g/mol. The molecule has 222 valence electrons. The number of amides is 1. The van der Waals surface area contributed by atoms with Crippen molar-refractivity contribution in [1.82, 2.24) is 9.80 Å². The summed E-state index contributed by atoms with van der Waals surface area (Å²) in [6, 6.07) is 0.974. The maximum Gasteiger partial charge on any atom is 0.255 e. The molecule has 1 heterocycles. The van der Waals surface area contributed by atoms with Gasteiger partial charge in [-0.25, -0.2) is 0 Å². The molecule has 6 N–H and O–H groups in total. The van der Waals surface area contributed by atoms with Gasteiger partial charge in [-0.2, -0.15) is 0 Å². The lowest BCUT2D eigenvalue weighted by molar-refractivity contribution is -0.153. The summed E-state index contributed by atoms with van der Waals surface area (Å²) in [7, 11) is 6.97. The maximum atomic E-state index is 14.0. The van der Waals surface area contributed by atoms with Gasteiger partial charge in [-0.05, 0) is 75.9 Å². The molecule has 1 aromatic rings. The van der Waals surface area contributed by atoms with Crippen molar-refractivity contribution < 1.29 is 34.8 Å². The Balaban J connectivity index is 1.68. The van der Waals surface area contributed by atoms with Crippen LogP contribution in [-0.2, 0) is 27.3 Å². The number of Topliss-reactive ketones (excluding diaryl/α,β-unsaturated/α-hetero) is 2. The molecule has 1 saturated carbocycles. The fourth-order valence-electron chi connectivity index (χ4n) is 7.83. The van der Waals surface area contributed by atoms with Crippen LogP contribution in [0.2, 0.25) is 0 Å². The lowest BCUT2D eigenvalue weighted by Crippen LogP contribution is -2.65. The van der Waals surface area contributed by atoms with E-state index in [-0.39, 0.29) is 29.7 Å². The predicted molar refractivity (Wildman–Crippen MR) is 152 cm³/mol. The molecule has 2 fully saturated rings. The third kappa shape index (κ3) is 4.16. The van der Waals surface area contributed by atoms with Gasteiger partial charge in [0.05, 0.1) is 11.6 Å². The Kier molecular flexibility index (Phi) is 7.20. The number of aliphatic hydroxyl groups is 3. The number of primary amides is 1. The number of ketones is 2. The third-order valence-electron chi connectivity index (χ3n) is 9.56. The maximum absolute atomic E-state index is 14.0. The van der Waals surface area contributed by atoms with E-state index >= 15 is 0 Å². The minimum absolute atomic E-state index is 0.0631. The lowest BCUT2D eigenvalue weighted by Gasteiger charge is -2.50. The molecule has 0 spiro atoms. The molecule has 0 radical (unpaired) electrons. The van der Waals surface area contributed by atoms with Crippen LogP contribution in [0, 0.1) is 11.8 Å². The van der Waals surface area contributed by atoms with Gasteiger partial charge in [-0.1, -0.05) is 6.92 Å². The Labute approximate surface area is 239 Å². The molecule has 3 aliphatic carbocycles. The highest BCUT2D eigenvalue weighted by Crippen LogP contribution is 2.54. The van der Waals surface area contributed by atoms with Crippen LogP contribution in [0.15, 0.2) is 23.0 Å². The van der Waals surface area contributed by atoms with Crippen LogP contribution in [0.4, 0.5) is 5.69 Å². The number of aromatic hydroxyl groups is 1. The minimum Gasteiger partial charge on any atom is -0.508 e. The zero-order valence-electron chi connectivity index (χ0n) is 24.3. The van der Waals surface area contributed by atoms with Gasteiger partial charge in [0.1, 0.15) is 22.8 Å². The number of benzene rings is 1. The van der Waals surface area contributed by atoms with Crippen LogP contribution in [0.25, 0.3) is 5.76 Å². The van der Waals surface area contributed by atoms with Gasteiger partial charge >= 0.3 is 0 Å². The average Bonchev–Trinajstić information content (AvgIpc) is 3.32. The zero-order chi connectivity index (χ0) is 30.1. The summed E-state index contributed by atoms with van der Waals surface area (Å²) in [5, 5.41) is 45.6. The first kappa shape index (κ1) is 29.1. The molecule has 4 aliphatic rings. The highest BCUT2D eigenvalue weighted by atomic mass is 16.3. The molecule has 1 aliphatic heterocycles. The average molecular weight is 569 g/mol. The number of fused-ring (bicyclic) bond motifs is 3. The second-order valence-electron chi connectivity index (χ2n) is 12.3. The number of phenolic OH excluding ortho intramolecular Hbond substituents is 1. The van der Waals surface area contributed by atoms with Crippen molar-refractivity contribution in [3.63, 3.8) is 0 Å². The number of likely N-dealkylation sites (tertiary alicyclic amines) is 1. The molecule has 1 unspecified atom stereocenters. The lowest BCUT2D eigenvalue weighted by atomic mass is 9.57. The Hall–Kier alpha value is -3.41. The van der Waals surface area contributed by atoms with Crippen molar-refractivity contribution in [3.8, 4) is 5.75 Å². The SMILES string of the molecule is CCC1CCCN1Cc1cc(O)c2c(c1N(C)C)C[C@H]1C[C@H]3[C@H](N(C)C)C(=O)C(C(N)=O)=C(O)[C@@]3(O)C(=O)C1=C2O. The van der Waals surface area contributed by atoms with Gasteiger partial charge in [0.2, 0.25) is 5.78 Å². The summed E-state index contributed by atoms with van der Waals surface area (Å²) in [4.78, 5) is 45.4. The van der Waals surface area contributed by atoms with Crippen LogP contribution in [-0.4, -0.2) is 100 Å². The Morgan fingerprint density at radius 2 is 1.85 bits per heavy atom. The van der Waals surface area contributed by atoms with E-state index in [1.54, 1.807) is 20.2 Å². The second-order valence-corrected chi connectivity index (χ2v) is 12.3. The highest BCUT2D eigenvalue weighted by Gasteiger charge is 2.64. The van der Waals surface area contributed by atoms with E-state index in [9.17, 15) is 34.8 Å². The van der Waals surface area contributed by atoms with Crippen molar-refractivity contribution in [2.75, 3.05) is 39.6 Å². The number of carbonyl (C=O) groups excluding carboxylic acids is 3. The van der Waals surface area contributed by atoms with Gasteiger partial charge in [-0.15, -0.1) is 0 Å². The summed E-state index contributed by atoms with van der Waals surface area (Å²) in [6.07, 6.45) is 3.59. The molecule has 0 aromatic heterocycles. The number of carbonyl (C=O) groups is 3. The number of hydrogen-bond donors (Lipinski definition) is 5. The van der Waals surface area contributed by atoms with Crippen molar-refractivity contribution in [2.24, 2.45) is 17.6 Å². The number of nitrogens with zero attached hydrogens (tertiary/aromatic N) is 3. The Morgan fingerprint density at radius 3 is 2.44 bits per heavy atom. The molecule has 1 amide bonds. The number of hydrogen-bond acceptors (Lipinski definition) is 10. The van der Waals surface area contributed by atoms with Gasteiger partial charge in [-0.3, -0.25) is 24.2 Å². The number of rotatable bonds is 6. The van der Waals surface area contributed by atoms with E-state index in [1.807, 2.05) is 19.0 Å². The molecule has 0 bridgehead atoms. The topological polar surface area (TPSA) is 168 Å². The first-order valence-corrected chi connectivity index (χ1v) is 14.2. The van der Waals surface area contributed by atoms with Gasteiger partial charge in [0.15, 0.2) is 11.4 Å². The summed E-state index contributed by atoms with van der Waals surface area (Å²) >= 11 is 0. The number of nitrogens with two attached hydrogens (primary N) is 1. The number of likely N-dealkylation sites (N-methyl/N-ethyl adjacent to an activating group) is 1. The van der Waals surface area contributed by atoms with Crippen LogP contribution >= 0.6 is 0 Å². The van der Waals surface area contributed by atoms with Gasteiger partial charge in [0.25, 0.3) is 5.91 Å². The van der Waals surface area contributed by atoms with Crippen molar-refractivity contribution >= 4 is 28.9 Å². The van der Waals surface area contributed by atoms with Crippen molar-refractivity contribution in [2.45, 2.75) is 63.3 Å². The summed E-state index contributed by atoms with van der Waals surface area (Å²) in [6.45, 7) is 3.75. The molecule has 5 atom stereocenters. The number of anilines is 1. The molecular formula is C30H40N4O7. The number of phenols is 1. The molecule has 1 aromatic carbocycles. The van der Waals surface area contributed by atoms with E-state index in [0.29, 0.717) is 18.2 Å². The van der Waals surface area contributed by atoms with Crippen molar-refractivity contribution in [3.05, 3.63) is 39.7 Å². The molecule has 1 saturated heterocycles. The van der Waals surface area contributed by atoms with E-state index < -0.39 is 58.0 Å². The highest BCUT2D eigenvalue weighted by molar-refractivity contribution is 6.24. The fraction of sp³-hybridized carbons (Fsp3) is 0.567. The standard InChI is InChI=1S/C30H40N4O7/c1-6-16-8-7-9-34(16)13-15-12-19(35)21-17(23(15)32(2)3)10-14-11-18-24(33(4)5)26(37)22(29(31)40)28(39)30(18,41)27(38)20(14)25(21)36/h12,14,16,18,24,35-36,39,41H,6-11,13H2,1-5H3,(H2,31,40)/t14-,16?,18-,24-,30-/m0/s1. The van der Waals surface area contributed by atoms with Gasteiger partial charge in [0, 0.05) is 43.9 Å². The van der Waals surface area contributed by atoms with Crippen LogP contribution in [0.5, 0.6) is 5.75 Å². The minimum atomic E-state index is -2.64. The molecule has 11 nitrogen and oxygen atoms in total. The summed E-state index contributed by atoms with van der Waals surface area (Å²) in [5.41, 5.74) is 4.34. The van der Waals surface area contributed by atoms with Crippen LogP contribution < -0.4 is 10.6 Å². The molecule has 41 heavy (non-hydrogen) atoms. The largest absolute Gasteiger partial charge is 0.508 e. The van der Waals surface area contributed by atoms with E-state index in [0.717, 1.165) is 37.1 Å². The first-order valence-electron chi connectivity index (χ1n) is 14.2. The van der Waals surface area contributed by atoms with E-state index in [1.165, 1.54) is 4.90 Å². The van der Waals surface area contributed by atoms with E-state index in [2.05, 4.69) is 11.8 Å². The summed E-state index contributed by atoms with van der Waals surface area (Å²) in [5.74, 6) is -6.47. The smallest absolute Gasteiger partial charge is 0.255 e. The third-order valence-corrected chi connectivity index (χ3v) is 9.56. The Morgan fingerprint density at radius 1 is 1.17 bits per heavy atom. The van der Waals surface area contributed by atoms with Crippen LogP contribution in [0.3, 0.4) is 0 Å². The summed E-state index contributed by atoms with van der Waals surface area (Å²) < 4.78 is 0. The Bertz CT molecular complexity index is 1400. The van der Waals surface area contributed by atoms with Crippen LogP contribution in [0.1, 0.15) is 49.3 Å². The molecule has 11 heteroatoms. The monoisotopic (exact) mass is 568 g/mol. The van der Waals surface area contributed by atoms with Crippen molar-refractivity contribution in [1.29, 1.82) is 0 Å². The van der Waals surface area contributed by atoms with Gasteiger partial charge < -0.3 is 31.1 Å². The predicted octanol–water partition coefficient (Wildman–Crippen LogP) is 1.40. The number of aliphatic hydroxyl groups excluding tert-OH is 2. The first-order chi connectivity index (χ1) is 19.2. The van der Waals surface area contributed by atoms with E-state index in [4.69, 9.17) is 5.73 Å². The quantitative estimate of drug-likeness (QED) is 0.317. The molecule has 5 rings (SSSR count). The zero-order valence-corrected chi connectivity index (χ0v) is 24.3. The second kappa shape index (κ2) is 10.1. The fourth-order valence-corrected chi connectivity index (χ4v) is 7.83. The normalized spacial score (nSPS) is 30.0.